The van der Waals surface area contributed by atoms with E-state index < -0.39 is 5.97 Å². The molecule has 1 aliphatic rings. The highest BCUT2D eigenvalue weighted by molar-refractivity contribution is 5.88. The predicted molar refractivity (Wildman–Crippen MR) is 97.8 cm³/mol. The first kappa shape index (κ1) is 16.6. The summed E-state index contributed by atoms with van der Waals surface area (Å²) >= 11 is 0. The first-order valence-corrected chi connectivity index (χ1v) is 8.55. The van der Waals surface area contributed by atoms with Gasteiger partial charge in [-0.3, -0.25) is 0 Å². The van der Waals surface area contributed by atoms with E-state index in [1.54, 1.807) is 6.07 Å². The third kappa shape index (κ3) is 3.30. The second kappa shape index (κ2) is 6.31. The third-order valence-corrected chi connectivity index (χ3v) is 5.15. The Morgan fingerprint density at radius 2 is 1.96 bits per heavy atom. The largest absolute Gasteiger partial charge is 0.478 e. The van der Waals surface area contributed by atoms with Gasteiger partial charge in [0.05, 0.1) is 5.56 Å². The number of anilines is 1. The van der Waals surface area contributed by atoms with Crippen molar-refractivity contribution in [2.75, 3.05) is 5.32 Å². The van der Waals surface area contributed by atoms with Crippen molar-refractivity contribution >= 4 is 11.7 Å². The van der Waals surface area contributed by atoms with Gasteiger partial charge in [0.15, 0.2) is 0 Å². The van der Waals surface area contributed by atoms with E-state index in [4.69, 9.17) is 0 Å². The summed E-state index contributed by atoms with van der Waals surface area (Å²) in [5.41, 5.74) is 3.85. The lowest BCUT2D eigenvalue weighted by Crippen LogP contribution is -2.40. The molecule has 0 fully saturated rings. The quantitative estimate of drug-likeness (QED) is 0.855. The van der Waals surface area contributed by atoms with Crippen LogP contribution in [0.15, 0.2) is 48.5 Å². The van der Waals surface area contributed by atoms with Crippen molar-refractivity contribution in [3.05, 3.63) is 65.2 Å². The minimum atomic E-state index is -0.867. The summed E-state index contributed by atoms with van der Waals surface area (Å²) in [6.45, 7) is 6.71. The maximum Gasteiger partial charge on any atom is 0.335 e. The molecule has 3 nitrogen and oxygen atoms in total. The molecule has 0 bridgehead atoms. The standard InChI is InChI=1S/C21H25NO2/c1-14(11-15-7-5-4-6-8-15)19-13-21(2,3)17-12-16(20(23)24)9-10-18(17)22-19/h4-10,12,14,19,22H,11,13H2,1-3H3,(H,23,24). The van der Waals surface area contributed by atoms with E-state index in [1.165, 1.54) is 5.56 Å². The van der Waals surface area contributed by atoms with Crippen molar-refractivity contribution in [1.29, 1.82) is 0 Å². The second-order valence-corrected chi connectivity index (χ2v) is 7.57. The van der Waals surface area contributed by atoms with Crippen molar-refractivity contribution in [3.8, 4) is 0 Å². The molecule has 1 aliphatic heterocycles. The summed E-state index contributed by atoms with van der Waals surface area (Å²) in [5, 5.41) is 12.9. The Hall–Kier alpha value is -2.29. The molecule has 3 rings (SSSR count). The van der Waals surface area contributed by atoms with Gasteiger partial charge in [-0.15, -0.1) is 0 Å². The number of carboxylic acids is 1. The molecule has 1 heterocycles. The number of hydrogen-bond acceptors (Lipinski definition) is 2. The summed E-state index contributed by atoms with van der Waals surface area (Å²) in [6, 6.07) is 16.4. The van der Waals surface area contributed by atoms with Crippen molar-refractivity contribution in [3.63, 3.8) is 0 Å². The average molecular weight is 323 g/mol. The van der Waals surface area contributed by atoms with Crippen LogP contribution in [0.25, 0.3) is 0 Å². The molecule has 0 spiro atoms. The van der Waals surface area contributed by atoms with Crippen molar-refractivity contribution in [2.24, 2.45) is 5.92 Å². The first-order valence-electron chi connectivity index (χ1n) is 8.55. The molecule has 2 atom stereocenters. The van der Waals surface area contributed by atoms with Crippen molar-refractivity contribution in [2.45, 2.75) is 45.1 Å². The van der Waals surface area contributed by atoms with E-state index in [0.717, 1.165) is 24.1 Å². The summed E-state index contributed by atoms with van der Waals surface area (Å²) in [6.07, 6.45) is 2.04. The third-order valence-electron chi connectivity index (χ3n) is 5.15. The van der Waals surface area contributed by atoms with Crippen LogP contribution in [0.4, 0.5) is 5.69 Å². The van der Waals surface area contributed by atoms with Gasteiger partial charge in [-0.1, -0.05) is 51.1 Å². The van der Waals surface area contributed by atoms with Crippen molar-refractivity contribution < 1.29 is 9.90 Å². The fraction of sp³-hybridized carbons (Fsp3) is 0.381. The minimum Gasteiger partial charge on any atom is -0.478 e. The SMILES string of the molecule is CC(Cc1ccccc1)C1CC(C)(C)c2cc(C(=O)O)ccc2N1. The first-order chi connectivity index (χ1) is 11.4. The molecule has 2 unspecified atom stereocenters. The molecule has 3 heteroatoms. The lowest BCUT2D eigenvalue weighted by Gasteiger charge is -2.41. The lowest BCUT2D eigenvalue weighted by atomic mass is 9.72. The van der Waals surface area contributed by atoms with Gasteiger partial charge in [0.2, 0.25) is 0 Å². The Labute approximate surface area is 143 Å². The second-order valence-electron chi connectivity index (χ2n) is 7.57. The van der Waals surface area contributed by atoms with Crippen LogP contribution in [-0.4, -0.2) is 17.1 Å². The van der Waals surface area contributed by atoms with Crippen LogP contribution in [0.1, 0.15) is 48.7 Å². The van der Waals surface area contributed by atoms with Gasteiger partial charge in [-0.05, 0) is 53.5 Å². The highest BCUT2D eigenvalue weighted by Crippen LogP contribution is 2.41. The van der Waals surface area contributed by atoms with Gasteiger partial charge < -0.3 is 10.4 Å². The van der Waals surface area contributed by atoms with Crippen LogP contribution >= 0.6 is 0 Å². The Kier molecular flexibility index (Phi) is 4.35. The van der Waals surface area contributed by atoms with Gasteiger partial charge in [0, 0.05) is 11.7 Å². The molecule has 0 amide bonds. The fourth-order valence-corrected chi connectivity index (χ4v) is 3.75. The molecule has 0 aliphatic carbocycles. The Morgan fingerprint density at radius 3 is 2.62 bits per heavy atom. The fourth-order valence-electron chi connectivity index (χ4n) is 3.75. The van der Waals surface area contributed by atoms with Gasteiger partial charge in [0.1, 0.15) is 0 Å². The number of aromatic carboxylic acids is 1. The Balaban J connectivity index is 1.83. The van der Waals surface area contributed by atoms with E-state index in [2.05, 4.69) is 50.4 Å². The molecule has 126 valence electrons. The number of carbonyl (C=O) groups is 1. The molecular formula is C21H25NO2. The number of nitrogens with one attached hydrogen (secondary N) is 1. The smallest absolute Gasteiger partial charge is 0.335 e. The van der Waals surface area contributed by atoms with Crippen LogP contribution in [0, 0.1) is 5.92 Å². The summed E-state index contributed by atoms with van der Waals surface area (Å²) in [4.78, 5) is 11.3. The van der Waals surface area contributed by atoms with Gasteiger partial charge >= 0.3 is 5.97 Å². The topological polar surface area (TPSA) is 49.3 Å². The van der Waals surface area contributed by atoms with Gasteiger partial charge in [-0.2, -0.15) is 0 Å². The van der Waals surface area contributed by atoms with Crippen LogP contribution in [0.3, 0.4) is 0 Å². The van der Waals surface area contributed by atoms with Crippen LogP contribution < -0.4 is 5.32 Å². The summed E-state index contributed by atoms with van der Waals surface area (Å²) in [5.74, 6) is -0.368. The maximum absolute atomic E-state index is 11.3. The van der Waals surface area contributed by atoms with Gasteiger partial charge in [0.25, 0.3) is 0 Å². The van der Waals surface area contributed by atoms with Crippen LogP contribution in [0.5, 0.6) is 0 Å². The lowest BCUT2D eigenvalue weighted by molar-refractivity contribution is 0.0696. The zero-order chi connectivity index (χ0) is 17.3. The van der Waals surface area contributed by atoms with Gasteiger partial charge in [-0.25, -0.2) is 4.79 Å². The molecule has 24 heavy (non-hydrogen) atoms. The maximum atomic E-state index is 11.3. The molecule has 0 saturated carbocycles. The number of rotatable bonds is 4. The highest BCUT2D eigenvalue weighted by Gasteiger charge is 2.35. The zero-order valence-electron chi connectivity index (χ0n) is 14.5. The van der Waals surface area contributed by atoms with E-state index in [9.17, 15) is 9.90 Å². The summed E-state index contributed by atoms with van der Waals surface area (Å²) in [7, 11) is 0. The predicted octanol–water partition coefficient (Wildman–Crippen LogP) is 4.73. The highest BCUT2D eigenvalue weighted by atomic mass is 16.4. The average Bonchev–Trinajstić information content (AvgIpc) is 2.54. The molecule has 0 saturated heterocycles. The minimum absolute atomic E-state index is 0.0400. The molecule has 0 radical (unpaired) electrons. The number of benzene rings is 2. The van der Waals surface area contributed by atoms with Crippen molar-refractivity contribution in [1.82, 2.24) is 0 Å². The van der Waals surface area contributed by atoms with E-state index in [1.807, 2.05) is 18.2 Å². The normalized spacial score (nSPS) is 19.9. The molecule has 0 aromatic heterocycles. The summed E-state index contributed by atoms with van der Waals surface area (Å²) < 4.78 is 0. The van der Waals surface area contributed by atoms with E-state index in [-0.39, 0.29) is 5.41 Å². The Morgan fingerprint density at radius 1 is 1.25 bits per heavy atom. The monoisotopic (exact) mass is 323 g/mol. The van der Waals surface area contributed by atoms with Crippen LogP contribution in [0.2, 0.25) is 0 Å². The molecular weight excluding hydrogens is 298 g/mol. The van der Waals surface area contributed by atoms with Crippen LogP contribution in [-0.2, 0) is 11.8 Å². The zero-order valence-corrected chi connectivity index (χ0v) is 14.5. The number of carboxylic acid groups (broad SMARTS) is 1. The Bertz CT molecular complexity index is 737. The molecule has 2 aromatic carbocycles. The molecule has 2 N–H and O–H groups in total. The number of fused-ring (bicyclic) bond motifs is 1. The van der Waals surface area contributed by atoms with E-state index in [0.29, 0.717) is 17.5 Å². The molecule has 2 aromatic rings. The van der Waals surface area contributed by atoms with E-state index >= 15 is 0 Å². The number of hydrogen-bond donors (Lipinski definition) is 2.